The zero-order valence-corrected chi connectivity index (χ0v) is 27.9. The molecule has 1 aromatic rings. The summed E-state index contributed by atoms with van der Waals surface area (Å²) in [4.78, 5) is 49.3. The smallest absolute Gasteiger partial charge is 0.247 e. The lowest BCUT2D eigenvalue weighted by molar-refractivity contribution is -0.146. The van der Waals surface area contributed by atoms with Crippen molar-refractivity contribution in [2.75, 3.05) is 37.7 Å². The minimum Gasteiger partial charge on any atom is -0.494 e. The van der Waals surface area contributed by atoms with Crippen molar-refractivity contribution in [3.05, 3.63) is 49.6 Å². The molecule has 3 heterocycles. The predicted octanol–water partition coefficient (Wildman–Crippen LogP) is 5.16. The number of ether oxygens (including phenoxy) is 1. The van der Waals surface area contributed by atoms with Crippen molar-refractivity contribution >= 4 is 35.2 Å². The number of hydrogen-bond acceptors (Lipinski definition) is 6. The molecule has 0 aromatic heterocycles. The molecular formula is C35H51N3O5S. The zero-order valence-electron chi connectivity index (χ0n) is 27.1. The molecule has 242 valence electrons. The topological polar surface area (TPSA) is 90.4 Å². The number of likely N-dealkylation sites (tertiary alicyclic amines) is 1. The van der Waals surface area contributed by atoms with Crippen LogP contribution in [0.4, 0.5) is 5.69 Å². The molecule has 0 aliphatic carbocycles. The molecule has 3 fully saturated rings. The van der Waals surface area contributed by atoms with Crippen LogP contribution in [0.25, 0.3) is 0 Å². The van der Waals surface area contributed by atoms with Crippen molar-refractivity contribution in [1.82, 2.24) is 9.80 Å². The molecule has 1 N–H and O–H groups in total. The van der Waals surface area contributed by atoms with E-state index in [0.29, 0.717) is 38.3 Å². The number of unbranched alkanes of at least 4 members (excludes halogenated alkanes) is 1. The standard InChI is InChI=1S/C35H51N3O5S/c1-8-12-19-36(17-9-2)34(42)31-35-24(7)21-28(44-35)29(30(35)33(41)38(31)26(22-39)20-23(5)6)32(40)37(18-10-3)25-13-15-27(16-14-25)43-11-4/h9-10,13-16,23-24,26,28-31,39H,2-3,8,11-12,17-22H2,1,4-7H3/t24?,26-,28+,29-,30+,31?,35?/m1/s1. The van der Waals surface area contributed by atoms with Crippen LogP contribution < -0.4 is 9.64 Å². The second kappa shape index (κ2) is 14.5. The highest BCUT2D eigenvalue weighted by atomic mass is 32.2. The first-order valence-corrected chi connectivity index (χ1v) is 17.1. The van der Waals surface area contributed by atoms with Crippen LogP contribution in [0.3, 0.4) is 0 Å². The number of anilines is 1. The highest BCUT2D eigenvalue weighted by molar-refractivity contribution is 8.02. The van der Waals surface area contributed by atoms with E-state index in [1.54, 1.807) is 33.7 Å². The maximum absolute atomic E-state index is 14.8. The molecule has 1 spiro atoms. The molecule has 8 nitrogen and oxygen atoms in total. The number of rotatable bonds is 16. The van der Waals surface area contributed by atoms with Crippen LogP contribution in [-0.2, 0) is 14.4 Å². The number of benzene rings is 1. The van der Waals surface area contributed by atoms with Crippen LogP contribution >= 0.6 is 11.8 Å². The van der Waals surface area contributed by atoms with E-state index in [4.69, 9.17) is 4.74 Å². The third-order valence-corrected chi connectivity index (χ3v) is 11.6. The molecular weight excluding hydrogens is 574 g/mol. The number of nitrogens with zero attached hydrogens (tertiary/aromatic N) is 3. The first kappa shape index (κ1) is 34.1. The van der Waals surface area contributed by atoms with Gasteiger partial charge in [0.1, 0.15) is 11.8 Å². The number of aliphatic hydroxyl groups is 1. The molecule has 3 saturated heterocycles. The molecule has 3 unspecified atom stereocenters. The largest absolute Gasteiger partial charge is 0.494 e. The third-order valence-electron chi connectivity index (χ3n) is 9.53. The van der Waals surface area contributed by atoms with Crippen LogP contribution in [0, 0.1) is 23.7 Å². The summed E-state index contributed by atoms with van der Waals surface area (Å²) in [5, 5.41) is 10.6. The number of carbonyl (C=O) groups is 3. The minimum absolute atomic E-state index is 0.0444. The molecule has 44 heavy (non-hydrogen) atoms. The lowest BCUT2D eigenvalue weighted by Crippen LogP contribution is -2.59. The van der Waals surface area contributed by atoms with Gasteiger partial charge in [0.05, 0.1) is 35.8 Å². The summed E-state index contributed by atoms with van der Waals surface area (Å²) >= 11 is 1.67. The number of carbonyl (C=O) groups excluding carboxylic acids is 3. The molecule has 9 heteroatoms. The van der Waals surface area contributed by atoms with Crippen LogP contribution in [0.5, 0.6) is 5.75 Å². The molecule has 1 aromatic carbocycles. The van der Waals surface area contributed by atoms with Crippen molar-refractivity contribution in [1.29, 1.82) is 0 Å². The quantitative estimate of drug-likeness (QED) is 0.255. The Morgan fingerprint density at radius 2 is 1.84 bits per heavy atom. The highest BCUT2D eigenvalue weighted by Crippen LogP contribution is 2.69. The Labute approximate surface area is 267 Å². The van der Waals surface area contributed by atoms with Crippen LogP contribution in [0.2, 0.25) is 0 Å². The Morgan fingerprint density at radius 1 is 1.16 bits per heavy atom. The van der Waals surface area contributed by atoms with Gasteiger partial charge in [0.15, 0.2) is 0 Å². The van der Waals surface area contributed by atoms with E-state index >= 15 is 0 Å². The van der Waals surface area contributed by atoms with E-state index in [0.717, 1.165) is 25.0 Å². The molecule has 3 amide bonds. The predicted molar refractivity (Wildman–Crippen MR) is 178 cm³/mol. The van der Waals surface area contributed by atoms with Gasteiger partial charge in [0, 0.05) is 30.6 Å². The first-order chi connectivity index (χ1) is 21.1. The minimum atomic E-state index is -0.756. The fourth-order valence-corrected chi connectivity index (χ4v) is 10.1. The monoisotopic (exact) mass is 625 g/mol. The zero-order chi connectivity index (χ0) is 32.2. The van der Waals surface area contributed by atoms with Gasteiger partial charge in [0.2, 0.25) is 17.7 Å². The Bertz CT molecular complexity index is 1210. The van der Waals surface area contributed by atoms with E-state index in [-0.39, 0.29) is 41.4 Å². The van der Waals surface area contributed by atoms with E-state index in [2.05, 4.69) is 40.9 Å². The van der Waals surface area contributed by atoms with E-state index in [1.165, 1.54) is 0 Å². The molecule has 0 radical (unpaired) electrons. The highest BCUT2D eigenvalue weighted by Gasteiger charge is 2.77. The number of fused-ring (bicyclic) bond motifs is 1. The summed E-state index contributed by atoms with van der Waals surface area (Å²) < 4.78 is 4.85. The molecule has 3 aliphatic heterocycles. The second-order valence-corrected chi connectivity index (χ2v) is 14.4. The number of hydrogen-bond donors (Lipinski definition) is 1. The molecule has 7 atom stereocenters. The molecule has 3 aliphatic rings. The molecule has 4 rings (SSSR count). The Balaban J connectivity index is 1.80. The second-order valence-electron chi connectivity index (χ2n) is 12.9. The van der Waals surface area contributed by atoms with Gasteiger partial charge in [-0.1, -0.05) is 46.3 Å². The van der Waals surface area contributed by atoms with Gasteiger partial charge >= 0.3 is 0 Å². The summed E-state index contributed by atoms with van der Waals surface area (Å²) in [6.45, 7) is 19.6. The lowest BCUT2D eigenvalue weighted by atomic mass is 9.65. The van der Waals surface area contributed by atoms with Crippen molar-refractivity contribution in [2.24, 2.45) is 23.7 Å². The van der Waals surface area contributed by atoms with E-state index in [1.807, 2.05) is 36.1 Å². The van der Waals surface area contributed by atoms with Crippen molar-refractivity contribution < 1.29 is 24.2 Å². The van der Waals surface area contributed by atoms with Crippen LogP contribution in [-0.4, -0.2) is 87.6 Å². The van der Waals surface area contributed by atoms with Gasteiger partial charge in [-0.25, -0.2) is 0 Å². The van der Waals surface area contributed by atoms with Gasteiger partial charge in [-0.15, -0.1) is 24.9 Å². The number of thioether (sulfide) groups is 1. The first-order valence-electron chi connectivity index (χ1n) is 16.3. The summed E-state index contributed by atoms with van der Waals surface area (Å²) in [7, 11) is 0. The maximum atomic E-state index is 14.8. The van der Waals surface area contributed by atoms with Gasteiger partial charge < -0.3 is 24.5 Å². The molecule has 0 saturated carbocycles. The number of amides is 3. The Morgan fingerprint density at radius 3 is 2.41 bits per heavy atom. The fraction of sp³-hybridized carbons (Fsp3) is 0.629. The number of aliphatic hydroxyl groups excluding tert-OH is 1. The lowest BCUT2D eigenvalue weighted by Gasteiger charge is -2.42. The van der Waals surface area contributed by atoms with Crippen molar-refractivity contribution in [3.63, 3.8) is 0 Å². The van der Waals surface area contributed by atoms with Crippen LogP contribution in [0.1, 0.15) is 60.3 Å². The van der Waals surface area contributed by atoms with Gasteiger partial charge in [-0.2, -0.15) is 0 Å². The Hall–Kier alpha value is -2.78. The summed E-state index contributed by atoms with van der Waals surface area (Å²) in [5.41, 5.74) is 0.716. The summed E-state index contributed by atoms with van der Waals surface area (Å²) in [6.07, 6.45) is 6.54. The molecule has 2 bridgehead atoms. The Kier molecular flexibility index (Phi) is 11.3. The SMILES string of the molecule is C=CCN(CCCC)C(=O)C1N([C@@H](CO)CC(C)C)C(=O)[C@@H]2[C@H](C(=O)N(CC=C)c3ccc(OCC)cc3)[C@@H]3CC(C)C12S3. The van der Waals surface area contributed by atoms with Gasteiger partial charge in [-0.05, 0) is 62.3 Å². The normalized spacial score (nSPS) is 27.8. The fourth-order valence-electron chi connectivity index (χ4n) is 7.72. The van der Waals surface area contributed by atoms with E-state index < -0.39 is 28.7 Å². The third kappa shape index (κ3) is 6.06. The van der Waals surface area contributed by atoms with Crippen LogP contribution in [0.15, 0.2) is 49.6 Å². The van der Waals surface area contributed by atoms with Crippen molar-refractivity contribution in [3.8, 4) is 5.75 Å². The summed E-state index contributed by atoms with van der Waals surface area (Å²) in [6, 6.07) is 6.17. The van der Waals surface area contributed by atoms with Crippen molar-refractivity contribution in [2.45, 2.75) is 82.4 Å². The van der Waals surface area contributed by atoms with E-state index in [9.17, 15) is 19.5 Å². The summed E-state index contributed by atoms with van der Waals surface area (Å²) in [5.74, 6) is -0.664. The maximum Gasteiger partial charge on any atom is 0.247 e. The average molecular weight is 626 g/mol. The van der Waals surface area contributed by atoms with Gasteiger partial charge in [0.25, 0.3) is 0 Å². The average Bonchev–Trinajstić information content (AvgIpc) is 3.60. The van der Waals surface area contributed by atoms with Gasteiger partial charge in [-0.3, -0.25) is 14.4 Å².